The Morgan fingerprint density at radius 2 is 1.57 bits per heavy atom. The van der Waals surface area contributed by atoms with Gasteiger partial charge in [0.25, 0.3) is 5.56 Å². The van der Waals surface area contributed by atoms with Crippen molar-refractivity contribution in [2.45, 2.75) is 12.5 Å². The lowest BCUT2D eigenvalue weighted by Crippen LogP contribution is -2.34. The molecule has 5 nitrogen and oxygen atoms in total. The molecule has 0 radical (unpaired) electrons. The second kappa shape index (κ2) is 6.91. The van der Waals surface area contributed by atoms with Gasteiger partial charge in [-0.1, -0.05) is 24.3 Å². The minimum atomic E-state index is -0.124. The van der Waals surface area contributed by atoms with Gasteiger partial charge in [0.05, 0.1) is 5.69 Å². The third-order valence-corrected chi connectivity index (χ3v) is 6.09. The second-order valence-electron chi connectivity index (χ2n) is 7.90. The smallest absolute Gasteiger partial charge is 0.271 e. The number of nitrogens with zero attached hydrogens (tertiary/aromatic N) is 4. The van der Waals surface area contributed by atoms with E-state index in [2.05, 4.69) is 46.2 Å². The van der Waals surface area contributed by atoms with Crippen LogP contribution < -0.4 is 10.5 Å². The van der Waals surface area contributed by atoms with Crippen molar-refractivity contribution in [1.82, 2.24) is 14.7 Å². The molecule has 0 spiro atoms. The molecule has 2 saturated heterocycles. The summed E-state index contributed by atoms with van der Waals surface area (Å²) in [5.74, 6) is 0.812. The van der Waals surface area contributed by atoms with Crippen molar-refractivity contribution in [3.8, 4) is 16.8 Å². The molecule has 1 aromatic heterocycles. The molecule has 0 saturated carbocycles. The number of rotatable bonds is 3. The van der Waals surface area contributed by atoms with Crippen molar-refractivity contribution in [2.24, 2.45) is 5.92 Å². The van der Waals surface area contributed by atoms with Gasteiger partial charge < -0.3 is 9.80 Å². The molecule has 3 aromatic rings. The molecule has 2 aliphatic rings. The Bertz CT molecular complexity index is 1030. The number of likely N-dealkylation sites (N-methyl/N-ethyl adjacent to an activating group) is 1. The van der Waals surface area contributed by atoms with E-state index in [1.165, 1.54) is 41.5 Å². The van der Waals surface area contributed by atoms with E-state index in [1.54, 1.807) is 12.3 Å². The molecule has 5 rings (SSSR count). The lowest BCUT2D eigenvalue weighted by atomic mass is 10.0. The molecular weight excluding hydrogens is 348 g/mol. The first kappa shape index (κ1) is 17.2. The van der Waals surface area contributed by atoms with Crippen LogP contribution in [0.15, 0.2) is 71.7 Å². The number of anilines is 1. The molecule has 1 unspecified atom stereocenters. The SMILES string of the molecule is CN1CC2CCN(c3ccc(-c4ccc(-n5ncccc5=O)cc4)cc3)[C@H]2C1. The van der Waals surface area contributed by atoms with Crippen LogP contribution in [0.1, 0.15) is 6.42 Å². The van der Waals surface area contributed by atoms with Crippen molar-refractivity contribution in [1.29, 1.82) is 0 Å². The topological polar surface area (TPSA) is 41.4 Å². The fourth-order valence-electron chi connectivity index (χ4n) is 4.69. The molecule has 0 bridgehead atoms. The lowest BCUT2D eigenvalue weighted by molar-refractivity contribution is 0.386. The van der Waals surface area contributed by atoms with Gasteiger partial charge in [-0.15, -0.1) is 0 Å². The Hall–Kier alpha value is -2.92. The molecule has 2 fully saturated rings. The van der Waals surface area contributed by atoms with Crippen LogP contribution in [0.25, 0.3) is 16.8 Å². The van der Waals surface area contributed by atoms with Gasteiger partial charge >= 0.3 is 0 Å². The summed E-state index contributed by atoms with van der Waals surface area (Å²) < 4.78 is 1.41. The third-order valence-electron chi connectivity index (χ3n) is 6.09. The van der Waals surface area contributed by atoms with Gasteiger partial charge in [0.15, 0.2) is 0 Å². The Labute approximate surface area is 164 Å². The van der Waals surface area contributed by atoms with Gasteiger partial charge in [-0.25, -0.2) is 0 Å². The maximum absolute atomic E-state index is 11.9. The van der Waals surface area contributed by atoms with Crippen molar-refractivity contribution in [3.63, 3.8) is 0 Å². The molecule has 28 heavy (non-hydrogen) atoms. The molecule has 5 heteroatoms. The van der Waals surface area contributed by atoms with Gasteiger partial charge in [-0.3, -0.25) is 4.79 Å². The fourth-order valence-corrected chi connectivity index (χ4v) is 4.69. The second-order valence-corrected chi connectivity index (χ2v) is 7.90. The van der Waals surface area contributed by atoms with Crippen LogP contribution in [-0.2, 0) is 0 Å². The van der Waals surface area contributed by atoms with Gasteiger partial charge in [-0.05, 0) is 60.8 Å². The van der Waals surface area contributed by atoms with E-state index in [9.17, 15) is 4.79 Å². The number of hydrogen-bond donors (Lipinski definition) is 0. The number of benzene rings is 2. The number of hydrogen-bond acceptors (Lipinski definition) is 4. The van der Waals surface area contributed by atoms with Crippen LogP contribution in [0.5, 0.6) is 0 Å². The summed E-state index contributed by atoms with van der Waals surface area (Å²) in [6.07, 6.45) is 2.92. The molecule has 0 N–H and O–H groups in total. The number of fused-ring (bicyclic) bond motifs is 1. The van der Waals surface area contributed by atoms with E-state index < -0.39 is 0 Å². The van der Waals surface area contributed by atoms with E-state index in [4.69, 9.17) is 0 Å². The van der Waals surface area contributed by atoms with Gasteiger partial charge in [-0.2, -0.15) is 9.78 Å². The predicted octanol–water partition coefficient (Wildman–Crippen LogP) is 3.04. The zero-order chi connectivity index (χ0) is 19.1. The Kier molecular flexibility index (Phi) is 4.24. The van der Waals surface area contributed by atoms with Gasteiger partial charge in [0, 0.05) is 43.6 Å². The average molecular weight is 372 g/mol. The van der Waals surface area contributed by atoms with E-state index in [1.807, 2.05) is 24.3 Å². The molecule has 0 aliphatic carbocycles. The molecule has 2 atom stereocenters. The number of likely N-dealkylation sites (tertiary alicyclic amines) is 1. The summed E-state index contributed by atoms with van der Waals surface area (Å²) in [6.45, 7) is 3.56. The minimum absolute atomic E-state index is 0.124. The maximum atomic E-state index is 11.9. The van der Waals surface area contributed by atoms with Crippen LogP contribution >= 0.6 is 0 Å². The molecule has 2 aromatic carbocycles. The van der Waals surface area contributed by atoms with Crippen LogP contribution in [0.2, 0.25) is 0 Å². The maximum Gasteiger partial charge on any atom is 0.271 e. The molecular formula is C23H24N4O. The summed E-state index contributed by atoms with van der Waals surface area (Å²) in [7, 11) is 2.22. The quantitative estimate of drug-likeness (QED) is 0.709. The first-order chi connectivity index (χ1) is 13.7. The van der Waals surface area contributed by atoms with E-state index in [-0.39, 0.29) is 5.56 Å². The minimum Gasteiger partial charge on any atom is -0.367 e. The summed E-state index contributed by atoms with van der Waals surface area (Å²) in [4.78, 5) is 17.0. The Morgan fingerprint density at radius 1 is 0.893 bits per heavy atom. The van der Waals surface area contributed by atoms with Crippen molar-refractivity contribution in [3.05, 3.63) is 77.2 Å². The Morgan fingerprint density at radius 3 is 2.25 bits per heavy atom. The summed E-state index contributed by atoms with van der Waals surface area (Å²) >= 11 is 0. The van der Waals surface area contributed by atoms with Crippen LogP contribution in [-0.4, -0.2) is 47.4 Å². The number of aromatic nitrogens is 2. The zero-order valence-electron chi connectivity index (χ0n) is 16.0. The van der Waals surface area contributed by atoms with E-state index in [0.29, 0.717) is 6.04 Å². The van der Waals surface area contributed by atoms with E-state index in [0.717, 1.165) is 23.7 Å². The largest absolute Gasteiger partial charge is 0.367 e. The van der Waals surface area contributed by atoms with Crippen molar-refractivity contribution < 1.29 is 0 Å². The fraction of sp³-hybridized carbons (Fsp3) is 0.304. The predicted molar refractivity (Wildman–Crippen MR) is 112 cm³/mol. The summed E-state index contributed by atoms with van der Waals surface area (Å²) in [5, 5.41) is 4.13. The van der Waals surface area contributed by atoms with E-state index >= 15 is 0 Å². The van der Waals surface area contributed by atoms with Crippen molar-refractivity contribution in [2.75, 3.05) is 31.6 Å². The normalized spacial score (nSPS) is 21.8. The van der Waals surface area contributed by atoms with Gasteiger partial charge in [0.1, 0.15) is 0 Å². The summed E-state index contributed by atoms with van der Waals surface area (Å²) in [5.41, 5.74) is 4.30. The van der Waals surface area contributed by atoms with Gasteiger partial charge in [0.2, 0.25) is 0 Å². The van der Waals surface area contributed by atoms with Crippen molar-refractivity contribution >= 4 is 5.69 Å². The molecule has 142 valence electrons. The Balaban J connectivity index is 1.36. The third kappa shape index (κ3) is 3.02. The van der Waals surface area contributed by atoms with Crippen LogP contribution in [0.3, 0.4) is 0 Å². The molecule has 3 heterocycles. The first-order valence-corrected chi connectivity index (χ1v) is 9.89. The highest BCUT2D eigenvalue weighted by Gasteiger charge is 2.39. The first-order valence-electron chi connectivity index (χ1n) is 9.89. The van der Waals surface area contributed by atoms with Crippen LogP contribution in [0, 0.1) is 5.92 Å². The molecule has 0 amide bonds. The standard InChI is InChI=1S/C23H24N4O/c1-25-15-19-12-14-26(22(19)16-25)20-8-4-17(5-9-20)18-6-10-21(11-7-18)27-23(28)3-2-13-24-27/h2-11,13,19,22H,12,14-16H2,1H3/t19?,22-/m0/s1. The average Bonchev–Trinajstić information content (AvgIpc) is 3.28. The highest BCUT2D eigenvalue weighted by atomic mass is 16.1. The summed E-state index contributed by atoms with van der Waals surface area (Å²) in [6, 6.07) is 20.7. The monoisotopic (exact) mass is 372 g/mol. The lowest BCUT2D eigenvalue weighted by Gasteiger charge is -2.26. The highest BCUT2D eigenvalue weighted by Crippen LogP contribution is 2.35. The van der Waals surface area contributed by atoms with Crippen LogP contribution in [0.4, 0.5) is 5.69 Å². The highest BCUT2D eigenvalue weighted by molar-refractivity contribution is 5.67. The zero-order valence-corrected chi connectivity index (χ0v) is 16.0. The molecule has 2 aliphatic heterocycles.